The van der Waals surface area contributed by atoms with Crippen LogP contribution in [0.15, 0.2) is 34.0 Å². The molecular formula is C14H14FN3OS. The second kappa shape index (κ2) is 5.76. The van der Waals surface area contributed by atoms with Crippen LogP contribution in [0.25, 0.3) is 0 Å². The van der Waals surface area contributed by atoms with Gasteiger partial charge in [0.15, 0.2) is 0 Å². The van der Waals surface area contributed by atoms with Crippen LogP contribution in [0.5, 0.6) is 0 Å². The molecule has 20 heavy (non-hydrogen) atoms. The third-order valence-electron chi connectivity index (χ3n) is 3.19. The lowest BCUT2D eigenvalue weighted by atomic mass is 10.1. The molecule has 1 aliphatic heterocycles. The molecule has 2 heterocycles. The van der Waals surface area contributed by atoms with Crippen LogP contribution in [0.4, 0.5) is 4.39 Å². The number of aromatic nitrogens is 2. The number of hydrogen-bond donors (Lipinski definition) is 2. The number of nitrogens with one attached hydrogen (secondary N) is 2. The molecule has 3 rings (SSSR count). The molecule has 1 aromatic carbocycles. The normalized spacial score (nSPS) is 14.1. The number of thioether (sulfide) groups is 1. The van der Waals surface area contributed by atoms with Gasteiger partial charge >= 0.3 is 0 Å². The highest BCUT2D eigenvalue weighted by Crippen LogP contribution is 2.24. The summed E-state index contributed by atoms with van der Waals surface area (Å²) in [6.07, 6.45) is 0.761. The lowest BCUT2D eigenvalue weighted by Gasteiger charge is -2.15. The fraction of sp³-hybridized carbons (Fsp3) is 0.286. The van der Waals surface area contributed by atoms with E-state index in [0.29, 0.717) is 23.0 Å². The van der Waals surface area contributed by atoms with Gasteiger partial charge in [0.25, 0.3) is 5.56 Å². The van der Waals surface area contributed by atoms with Crippen molar-refractivity contribution in [2.45, 2.75) is 23.6 Å². The van der Waals surface area contributed by atoms with Crippen molar-refractivity contribution >= 4 is 11.8 Å². The molecule has 2 N–H and O–H groups in total. The predicted molar refractivity (Wildman–Crippen MR) is 76.2 cm³/mol. The van der Waals surface area contributed by atoms with Crippen LogP contribution in [0.2, 0.25) is 0 Å². The van der Waals surface area contributed by atoms with Crippen LogP contribution in [0, 0.1) is 5.82 Å². The summed E-state index contributed by atoms with van der Waals surface area (Å²) < 4.78 is 13.5. The van der Waals surface area contributed by atoms with E-state index in [4.69, 9.17) is 0 Å². The third kappa shape index (κ3) is 2.76. The average molecular weight is 291 g/mol. The Labute approximate surface area is 119 Å². The Morgan fingerprint density at radius 2 is 2.20 bits per heavy atom. The van der Waals surface area contributed by atoms with Crippen molar-refractivity contribution in [1.29, 1.82) is 0 Å². The Bertz CT molecular complexity index is 686. The van der Waals surface area contributed by atoms with E-state index in [1.54, 1.807) is 18.2 Å². The molecule has 0 bridgehead atoms. The molecule has 0 radical (unpaired) electrons. The van der Waals surface area contributed by atoms with Crippen LogP contribution in [-0.4, -0.2) is 16.5 Å². The van der Waals surface area contributed by atoms with E-state index in [1.165, 1.54) is 17.8 Å². The van der Waals surface area contributed by atoms with Crippen LogP contribution in [-0.2, 0) is 18.7 Å². The maximum absolute atomic E-state index is 13.5. The van der Waals surface area contributed by atoms with E-state index in [2.05, 4.69) is 15.3 Å². The number of nitrogens with zero attached hydrogens (tertiary/aromatic N) is 1. The summed E-state index contributed by atoms with van der Waals surface area (Å²) in [6, 6.07) is 6.60. The topological polar surface area (TPSA) is 57.8 Å². The van der Waals surface area contributed by atoms with Crippen LogP contribution in [0.3, 0.4) is 0 Å². The van der Waals surface area contributed by atoms with E-state index in [-0.39, 0.29) is 11.4 Å². The molecule has 4 nitrogen and oxygen atoms in total. The van der Waals surface area contributed by atoms with Crippen molar-refractivity contribution in [2.24, 2.45) is 0 Å². The van der Waals surface area contributed by atoms with Gasteiger partial charge in [-0.3, -0.25) is 4.79 Å². The van der Waals surface area contributed by atoms with Gasteiger partial charge in [-0.2, -0.15) is 0 Å². The first-order chi connectivity index (χ1) is 9.74. The van der Waals surface area contributed by atoms with Gasteiger partial charge in [0.05, 0.1) is 17.0 Å². The molecule has 0 atom stereocenters. The molecule has 0 spiro atoms. The molecule has 2 aromatic rings. The second-order valence-corrected chi connectivity index (χ2v) is 5.60. The van der Waals surface area contributed by atoms with E-state index in [9.17, 15) is 9.18 Å². The molecule has 0 aliphatic carbocycles. The highest BCUT2D eigenvalue weighted by atomic mass is 32.2. The maximum atomic E-state index is 13.5. The highest BCUT2D eigenvalue weighted by molar-refractivity contribution is 7.98. The summed E-state index contributed by atoms with van der Waals surface area (Å²) >= 11 is 1.34. The zero-order chi connectivity index (χ0) is 13.9. The van der Waals surface area contributed by atoms with E-state index in [1.807, 2.05) is 0 Å². The summed E-state index contributed by atoms with van der Waals surface area (Å²) in [4.78, 5) is 19.8. The smallest absolute Gasteiger partial charge is 0.255 e. The SMILES string of the molecule is O=c1[nH]c(CSc2ccccc2F)nc2c1CNCC2. The maximum Gasteiger partial charge on any atom is 0.255 e. The number of hydrogen-bond acceptors (Lipinski definition) is 4. The minimum atomic E-state index is -0.248. The number of fused-ring (bicyclic) bond motifs is 1. The summed E-state index contributed by atoms with van der Waals surface area (Å²) in [5.41, 5.74) is 1.49. The minimum Gasteiger partial charge on any atom is -0.312 e. The summed E-state index contributed by atoms with van der Waals surface area (Å²) in [5.74, 6) is 0.808. The van der Waals surface area contributed by atoms with Gasteiger partial charge in [-0.25, -0.2) is 9.37 Å². The molecule has 0 amide bonds. The standard InChI is InChI=1S/C14H14FN3OS/c15-10-3-1-2-4-12(10)20-8-13-17-11-5-6-16-7-9(11)14(19)18-13/h1-4,16H,5-8H2,(H,17,18,19). The van der Waals surface area contributed by atoms with Crippen LogP contribution in [0.1, 0.15) is 17.1 Å². The first-order valence-electron chi connectivity index (χ1n) is 6.43. The van der Waals surface area contributed by atoms with Crippen molar-refractivity contribution in [3.8, 4) is 0 Å². The Kier molecular flexibility index (Phi) is 3.84. The van der Waals surface area contributed by atoms with E-state index >= 15 is 0 Å². The molecule has 1 aliphatic rings. The van der Waals surface area contributed by atoms with Crippen LogP contribution < -0.4 is 10.9 Å². The number of rotatable bonds is 3. The fourth-order valence-corrected chi connectivity index (χ4v) is 2.99. The molecule has 0 fully saturated rings. The molecule has 1 aromatic heterocycles. The Hall–Kier alpha value is -1.66. The molecular weight excluding hydrogens is 277 g/mol. The Morgan fingerprint density at radius 3 is 3.05 bits per heavy atom. The van der Waals surface area contributed by atoms with Crippen molar-refractivity contribution < 1.29 is 4.39 Å². The van der Waals surface area contributed by atoms with Gasteiger partial charge in [-0.1, -0.05) is 12.1 Å². The third-order valence-corrected chi connectivity index (χ3v) is 4.25. The highest BCUT2D eigenvalue weighted by Gasteiger charge is 2.15. The second-order valence-electron chi connectivity index (χ2n) is 4.58. The Morgan fingerprint density at radius 1 is 1.35 bits per heavy atom. The van der Waals surface area contributed by atoms with Gasteiger partial charge in [0.2, 0.25) is 0 Å². The van der Waals surface area contributed by atoms with Gasteiger partial charge < -0.3 is 10.3 Å². The van der Waals surface area contributed by atoms with Crippen molar-refractivity contribution in [1.82, 2.24) is 15.3 Å². The number of halogens is 1. The number of benzene rings is 1. The minimum absolute atomic E-state index is 0.0914. The van der Waals surface area contributed by atoms with Crippen molar-refractivity contribution in [3.63, 3.8) is 0 Å². The zero-order valence-electron chi connectivity index (χ0n) is 10.8. The predicted octanol–water partition coefficient (Wildman–Crippen LogP) is 1.85. The molecule has 6 heteroatoms. The Balaban J connectivity index is 1.80. The lowest BCUT2D eigenvalue weighted by Crippen LogP contribution is -2.32. The van der Waals surface area contributed by atoms with Gasteiger partial charge in [-0.15, -0.1) is 11.8 Å². The first kappa shape index (κ1) is 13.3. The van der Waals surface area contributed by atoms with Gasteiger partial charge in [0, 0.05) is 24.4 Å². The quantitative estimate of drug-likeness (QED) is 0.847. The van der Waals surface area contributed by atoms with Gasteiger partial charge in [-0.05, 0) is 12.1 Å². The molecule has 0 saturated heterocycles. The molecule has 0 saturated carbocycles. The summed E-state index contributed by atoms with van der Waals surface area (Å²) in [6.45, 7) is 1.40. The van der Waals surface area contributed by atoms with Gasteiger partial charge in [0.1, 0.15) is 11.6 Å². The fourth-order valence-electron chi connectivity index (χ4n) is 2.18. The van der Waals surface area contributed by atoms with E-state index < -0.39 is 0 Å². The lowest BCUT2D eigenvalue weighted by molar-refractivity contribution is 0.602. The van der Waals surface area contributed by atoms with E-state index in [0.717, 1.165) is 24.2 Å². The average Bonchev–Trinajstić information content (AvgIpc) is 2.46. The molecule has 0 unspecified atom stereocenters. The zero-order valence-corrected chi connectivity index (χ0v) is 11.6. The van der Waals surface area contributed by atoms with Crippen molar-refractivity contribution in [2.75, 3.05) is 6.54 Å². The number of H-pyrrole nitrogens is 1. The first-order valence-corrected chi connectivity index (χ1v) is 7.41. The largest absolute Gasteiger partial charge is 0.312 e. The summed E-state index contributed by atoms with van der Waals surface area (Å²) in [5, 5.41) is 3.15. The molecule has 104 valence electrons. The van der Waals surface area contributed by atoms with Crippen LogP contribution >= 0.6 is 11.8 Å². The number of aromatic amines is 1. The summed E-state index contributed by atoms with van der Waals surface area (Å²) in [7, 11) is 0. The van der Waals surface area contributed by atoms with Crippen molar-refractivity contribution in [3.05, 3.63) is 57.5 Å². The monoisotopic (exact) mass is 291 g/mol.